The summed E-state index contributed by atoms with van der Waals surface area (Å²) in [6.45, 7) is 7.93. The quantitative estimate of drug-likeness (QED) is 0.789. The number of nitrogens with zero attached hydrogens (tertiary/aromatic N) is 2. The van der Waals surface area contributed by atoms with Crippen LogP contribution in [0.3, 0.4) is 0 Å². The van der Waals surface area contributed by atoms with Gasteiger partial charge in [0.2, 0.25) is 0 Å². The van der Waals surface area contributed by atoms with Gasteiger partial charge in [0.25, 0.3) is 0 Å². The number of unbranched alkanes of at least 4 members (excludes halogenated alkanes) is 2. The Hall–Kier alpha value is -1.13. The molecule has 0 atom stereocenters. The second kappa shape index (κ2) is 7.60. The molecule has 0 radical (unpaired) electrons. The molecule has 0 bridgehead atoms. The molecule has 2 aromatic rings. The maximum atomic E-state index is 5.77. The summed E-state index contributed by atoms with van der Waals surface area (Å²) in [6.07, 6.45) is 5.07. The van der Waals surface area contributed by atoms with E-state index in [1.807, 2.05) is 0 Å². The summed E-state index contributed by atoms with van der Waals surface area (Å²) in [5.41, 5.74) is 8.16. The van der Waals surface area contributed by atoms with Gasteiger partial charge in [0.1, 0.15) is 0 Å². The Balaban J connectivity index is 2.05. The zero-order valence-corrected chi connectivity index (χ0v) is 13.4. The largest absolute Gasteiger partial charge is 0.375 e. The molecule has 20 heavy (non-hydrogen) atoms. The third-order valence-corrected chi connectivity index (χ3v) is 4.38. The molecule has 0 amide bonds. The number of benzene rings is 1. The van der Waals surface area contributed by atoms with Crippen LogP contribution in [0.4, 0.5) is 5.13 Å². The molecule has 0 unspecified atom stereocenters. The first-order valence-corrected chi connectivity index (χ1v) is 8.42. The fourth-order valence-electron chi connectivity index (χ4n) is 2.38. The fraction of sp³-hybridized carbons (Fsp3) is 0.562. The molecule has 0 aliphatic carbocycles. The number of hydrogen-bond acceptors (Lipinski definition) is 4. The summed E-state index contributed by atoms with van der Waals surface area (Å²) in [7, 11) is 0. The van der Waals surface area contributed by atoms with Gasteiger partial charge in [-0.3, -0.25) is 4.90 Å². The van der Waals surface area contributed by atoms with Crippen LogP contribution >= 0.6 is 11.3 Å². The Bertz CT molecular complexity index is 528. The zero-order chi connectivity index (χ0) is 14.4. The van der Waals surface area contributed by atoms with Crippen molar-refractivity contribution in [1.29, 1.82) is 0 Å². The average Bonchev–Trinajstić information content (AvgIpc) is 2.81. The third-order valence-electron chi connectivity index (χ3n) is 3.53. The number of hydrogen-bond donors (Lipinski definition) is 1. The highest BCUT2D eigenvalue weighted by atomic mass is 32.1. The van der Waals surface area contributed by atoms with Crippen molar-refractivity contribution in [3.05, 3.63) is 23.8 Å². The van der Waals surface area contributed by atoms with Crippen molar-refractivity contribution in [1.82, 2.24) is 9.88 Å². The maximum Gasteiger partial charge on any atom is 0.181 e. The zero-order valence-electron chi connectivity index (χ0n) is 12.6. The monoisotopic (exact) mass is 291 g/mol. The Morgan fingerprint density at radius 2 is 1.85 bits per heavy atom. The Kier molecular flexibility index (Phi) is 5.80. The van der Waals surface area contributed by atoms with Gasteiger partial charge in [0, 0.05) is 6.54 Å². The van der Waals surface area contributed by atoms with E-state index in [-0.39, 0.29) is 0 Å². The van der Waals surface area contributed by atoms with Crippen LogP contribution < -0.4 is 5.73 Å². The summed E-state index contributed by atoms with van der Waals surface area (Å²) >= 11 is 1.58. The van der Waals surface area contributed by atoms with E-state index in [2.05, 4.69) is 41.9 Å². The average molecular weight is 291 g/mol. The van der Waals surface area contributed by atoms with Crippen LogP contribution in [0.25, 0.3) is 10.2 Å². The van der Waals surface area contributed by atoms with Gasteiger partial charge in [-0.05, 0) is 43.6 Å². The summed E-state index contributed by atoms with van der Waals surface area (Å²) in [5, 5.41) is 0.658. The smallest absolute Gasteiger partial charge is 0.181 e. The summed E-state index contributed by atoms with van der Waals surface area (Å²) in [4.78, 5) is 6.88. The highest BCUT2D eigenvalue weighted by molar-refractivity contribution is 7.22. The molecule has 0 spiro atoms. The second-order valence-corrected chi connectivity index (χ2v) is 6.40. The highest BCUT2D eigenvalue weighted by Crippen LogP contribution is 2.25. The molecule has 4 heteroatoms. The number of fused-ring (bicyclic) bond motifs is 1. The first-order chi connectivity index (χ1) is 9.72. The van der Waals surface area contributed by atoms with Crippen LogP contribution in [0.5, 0.6) is 0 Å². The topological polar surface area (TPSA) is 42.2 Å². The van der Waals surface area contributed by atoms with Gasteiger partial charge < -0.3 is 5.73 Å². The first-order valence-electron chi connectivity index (χ1n) is 7.60. The number of thiazole rings is 1. The van der Waals surface area contributed by atoms with Crippen molar-refractivity contribution < 1.29 is 0 Å². The van der Waals surface area contributed by atoms with E-state index >= 15 is 0 Å². The van der Waals surface area contributed by atoms with Gasteiger partial charge in [-0.1, -0.05) is 44.1 Å². The molecule has 0 saturated heterocycles. The van der Waals surface area contributed by atoms with Crippen LogP contribution in [0.1, 0.15) is 45.1 Å². The minimum Gasteiger partial charge on any atom is -0.375 e. The molecule has 3 nitrogen and oxygen atoms in total. The van der Waals surface area contributed by atoms with Gasteiger partial charge >= 0.3 is 0 Å². The molecule has 1 heterocycles. The lowest BCUT2D eigenvalue weighted by Gasteiger charge is -2.22. The van der Waals surface area contributed by atoms with Crippen molar-refractivity contribution in [2.24, 2.45) is 0 Å². The van der Waals surface area contributed by atoms with Gasteiger partial charge in [0.15, 0.2) is 5.13 Å². The maximum absolute atomic E-state index is 5.77. The molecule has 0 fully saturated rings. The van der Waals surface area contributed by atoms with E-state index in [1.165, 1.54) is 49.0 Å². The van der Waals surface area contributed by atoms with Crippen LogP contribution in [-0.2, 0) is 6.54 Å². The van der Waals surface area contributed by atoms with E-state index in [1.54, 1.807) is 11.3 Å². The molecule has 2 rings (SSSR count). The van der Waals surface area contributed by atoms with E-state index in [0.29, 0.717) is 5.13 Å². The molecule has 0 aliphatic rings. The van der Waals surface area contributed by atoms with Gasteiger partial charge in [-0.15, -0.1) is 0 Å². The lowest BCUT2D eigenvalue weighted by atomic mass is 10.2. The van der Waals surface area contributed by atoms with Crippen molar-refractivity contribution in [2.45, 2.75) is 46.1 Å². The standard InChI is InChI=1S/C16H25N3S/c1-3-5-9-19(10-6-4-2)12-13-7-8-14-15(11-13)20-16(17)18-14/h7-8,11H,3-6,9-10,12H2,1-2H3,(H2,17,18). The van der Waals surface area contributed by atoms with E-state index in [4.69, 9.17) is 5.73 Å². The number of nitrogens with two attached hydrogens (primary N) is 1. The van der Waals surface area contributed by atoms with Gasteiger partial charge in [-0.2, -0.15) is 0 Å². The fourth-order valence-corrected chi connectivity index (χ4v) is 3.17. The Labute approximate surface area is 125 Å². The summed E-state index contributed by atoms with van der Waals surface area (Å²) in [5.74, 6) is 0. The van der Waals surface area contributed by atoms with Crippen molar-refractivity contribution in [3.63, 3.8) is 0 Å². The van der Waals surface area contributed by atoms with Crippen molar-refractivity contribution in [3.8, 4) is 0 Å². The first kappa shape index (κ1) is 15.3. The summed E-state index contributed by atoms with van der Waals surface area (Å²) < 4.78 is 1.20. The molecule has 2 N–H and O–H groups in total. The number of aromatic nitrogens is 1. The SMILES string of the molecule is CCCCN(CCCC)Cc1ccc2nc(N)sc2c1. The molecule has 0 aliphatic heterocycles. The normalized spacial score (nSPS) is 11.6. The number of nitrogen functional groups attached to an aromatic ring is 1. The van der Waals surface area contributed by atoms with Crippen molar-refractivity contribution >= 4 is 26.7 Å². The van der Waals surface area contributed by atoms with Crippen LogP contribution in [0.15, 0.2) is 18.2 Å². The molecule has 110 valence electrons. The molecule has 0 saturated carbocycles. The number of anilines is 1. The molecular formula is C16H25N3S. The molecule has 1 aromatic carbocycles. The summed E-state index contributed by atoms with van der Waals surface area (Å²) in [6, 6.07) is 6.52. The van der Waals surface area contributed by atoms with E-state index in [9.17, 15) is 0 Å². The van der Waals surface area contributed by atoms with Crippen molar-refractivity contribution in [2.75, 3.05) is 18.8 Å². The highest BCUT2D eigenvalue weighted by Gasteiger charge is 2.07. The van der Waals surface area contributed by atoms with Gasteiger partial charge in [-0.25, -0.2) is 4.98 Å². The van der Waals surface area contributed by atoms with Crippen LogP contribution in [0, 0.1) is 0 Å². The molecule has 1 aromatic heterocycles. The lowest BCUT2D eigenvalue weighted by molar-refractivity contribution is 0.257. The predicted octanol–water partition coefficient (Wildman–Crippen LogP) is 4.28. The lowest BCUT2D eigenvalue weighted by Crippen LogP contribution is -2.25. The predicted molar refractivity (Wildman–Crippen MR) is 89.1 cm³/mol. The minimum absolute atomic E-state index is 0.658. The minimum atomic E-state index is 0.658. The van der Waals surface area contributed by atoms with E-state index < -0.39 is 0 Å². The third kappa shape index (κ3) is 4.18. The Morgan fingerprint density at radius 3 is 2.50 bits per heavy atom. The van der Waals surface area contributed by atoms with E-state index in [0.717, 1.165) is 12.1 Å². The van der Waals surface area contributed by atoms with Crippen LogP contribution in [-0.4, -0.2) is 23.0 Å². The number of rotatable bonds is 8. The van der Waals surface area contributed by atoms with Crippen LogP contribution in [0.2, 0.25) is 0 Å². The van der Waals surface area contributed by atoms with Gasteiger partial charge in [0.05, 0.1) is 10.2 Å². The second-order valence-electron chi connectivity index (χ2n) is 5.34. The Morgan fingerprint density at radius 1 is 1.15 bits per heavy atom. The molecular weight excluding hydrogens is 266 g/mol.